The predicted molar refractivity (Wildman–Crippen MR) is 162 cm³/mol. The molecule has 0 bridgehead atoms. The molecule has 9 heteroatoms. The van der Waals surface area contributed by atoms with Gasteiger partial charge in [-0.1, -0.05) is 38.5 Å². The molecule has 2 aromatic carbocycles. The zero-order valence-electron chi connectivity index (χ0n) is 24.8. The van der Waals surface area contributed by atoms with Crippen LogP contribution in [0.5, 0.6) is 0 Å². The molecule has 1 saturated heterocycles. The lowest BCUT2D eigenvalue weighted by molar-refractivity contribution is 0.204. The number of aromatic nitrogens is 2. The number of benzene rings is 2. The molecule has 220 valence electrons. The largest absolute Gasteiger partial charge is 0.316 e. The number of hydrogen-bond donors (Lipinski definition) is 1. The van der Waals surface area contributed by atoms with Gasteiger partial charge in [0.2, 0.25) is 10.0 Å². The van der Waals surface area contributed by atoms with Crippen molar-refractivity contribution in [1.82, 2.24) is 24.3 Å². The second kappa shape index (κ2) is 11.4. The number of nitrogens with one attached hydrogen (secondary N) is 1. The Morgan fingerprint density at radius 3 is 2.44 bits per heavy atom. The van der Waals surface area contributed by atoms with Crippen molar-refractivity contribution < 1.29 is 12.8 Å². The van der Waals surface area contributed by atoms with E-state index in [1.807, 2.05) is 23.0 Å². The van der Waals surface area contributed by atoms with Crippen LogP contribution in [0.15, 0.2) is 65.2 Å². The summed E-state index contributed by atoms with van der Waals surface area (Å²) in [5.41, 5.74) is 4.79. The number of piperidine rings is 1. The smallest absolute Gasteiger partial charge is 0.243 e. The van der Waals surface area contributed by atoms with Crippen LogP contribution in [0.25, 0.3) is 11.8 Å². The zero-order chi connectivity index (χ0) is 29.4. The quantitative estimate of drug-likeness (QED) is 0.367. The molecule has 3 aromatic rings. The van der Waals surface area contributed by atoms with E-state index in [0.29, 0.717) is 37.4 Å². The van der Waals surface area contributed by atoms with Gasteiger partial charge in [0.1, 0.15) is 5.82 Å². The van der Waals surface area contributed by atoms with Crippen LogP contribution in [0.3, 0.4) is 0 Å². The van der Waals surface area contributed by atoms with E-state index in [0.717, 1.165) is 42.0 Å². The predicted octanol–water partition coefficient (Wildman–Crippen LogP) is 4.87. The van der Waals surface area contributed by atoms with E-state index in [1.165, 1.54) is 17.7 Å². The van der Waals surface area contributed by atoms with E-state index < -0.39 is 10.0 Å². The maximum Gasteiger partial charge on any atom is 0.243 e. The number of sulfonamides is 1. The monoisotopic (exact) mass is 579 g/mol. The van der Waals surface area contributed by atoms with Gasteiger partial charge in [-0.2, -0.15) is 9.40 Å². The summed E-state index contributed by atoms with van der Waals surface area (Å²) in [6, 6.07) is 13.7. The second-order valence-corrected chi connectivity index (χ2v) is 14.7. The van der Waals surface area contributed by atoms with Gasteiger partial charge >= 0.3 is 0 Å². The molecule has 0 unspecified atom stereocenters. The zero-order valence-corrected chi connectivity index (χ0v) is 25.6. The highest BCUT2D eigenvalue weighted by Crippen LogP contribution is 2.45. The summed E-state index contributed by atoms with van der Waals surface area (Å²) in [7, 11) is 0.473. The Hall–Kier alpha value is -2.85. The van der Waals surface area contributed by atoms with Crippen molar-refractivity contribution >= 4 is 16.1 Å². The van der Waals surface area contributed by atoms with Gasteiger partial charge in [-0.25, -0.2) is 17.5 Å². The third-order valence-electron chi connectivity index (χ3n) is 8.37. The molecule has 2 heterocycles. The standard InChI is InChI=1S/C32H42FN5O2S/c1-31(2,3)25-7-13-29(14-8-25)41(39,40)37-18-15-26-19-30-24(21-35-38(30)28-11-9-27(33)10-12-28)20-32(26,23-37)22-34-16-6-17-36(4)5/h7-14,19,21,34H,6,15-18,20,22-23H2,1-5H3/t32-/m0/s1. The van der Waals surface area contributed by atoms with Gasteiger partial charge in [0.25, 0.3) is 0 Å². The van der Waals surface area contributed by atoms with Gasteiger partial charge in [0, 0.05) is 25.0 Å². The van der Waals surface area contributed by atoms with Crippen LogP contribution in [0, 0.1) is 11.2 Å². The van der Waals surface area contributed by atoms with Gasteiger partial charge in [-0.05, 0) is 105 Å². The van der Waals surface area contributed by atoms with Crippen LogP contribution in [0.1, 0.15) is 50.4 Å². The summed E-state index contributed by atoms with van der Waals surface area (Å²) in [6.07, 6.45) is 6.41. The Morgan fingerprint density at radius 2 is 1.78 bits per heavy atom. The lowest BCUT2D eigenvalue weighted by atomic mass is 9.68. The molecule has 5 rings (SSSR count). The lowest BCUT2D eigenvalue weighted by Gasteiger charge is -2.46. The molecule has 7 nitrogen and oxygen atoms in total. The summed E-state index contributed by atoms with van der Waals surface area (Å²) in [5.74, 6) is -0.283. The van der Waals surface area contributed by atoms with Crippen LogP contribution in [0.2, 0.25) is 0 Å². The van der Waals surface area contributed by atoms with Crippen LogP contribution in [-0.2, 0) is 21.9 Å². The van der Waals surface area contributed by atoms with Crippen molar-refractivity contribution in [1.29, 1.82) is 0 Å². The topological polar surface area (TPSA) is 70.5 Å². The molecule has 2 aliphatic rings. The van der Waals surface area contributed by atoms with E-state index in [9.17, 15) is 12.8 Å². The fourth-order valence-corrected chi connectivity index (χ4v) is 7.51. The number of nitrogens with zero attached hydrogens (tertiary/aromatic N) is 4. The van der Waals surface area contributed by atoms with Gasteiger partial charge in [0.05, 0.1) is 22.5 Å². The number of fused-ring (bicyclic) bond motifs is 2. The van der Waals surface area contributed by atoms with E-state index in [1.54, 1.807) is 28.6 Å². The molecule has 1 atom stereocenters. The highest BCUT2D eigenvalue weighted by Gasteiger charge is 2.45. The summed E-state index contributed by atoms with van der Waals surface area (Å²) in [5, 5.41) is 8.30. The molecular formula is C32H42FN5O2S. The average Bonchev–Trinajstić information content (AvgIpc) is 3.33. The van der Waals surface area contributed by atoms with Crippen molar-refractivity contribution in [2.75, 3.05) is 46.8 Å². The van der Waals surface area contributed by atoms with E-state index in [-0.39, 0.29) is 16.6 Å². The minimum atomic E-state index is -3.66. The normalized spacial score (nSPS) is 19.6. The molecule has 1 aliphatic heterocycles. The highest BCUT2D eigenvalue weighted by molar-refractivity contribution is 7.89. The molecule has 0 radical (unpaired) electrons. The Bertz CT molecular complexity index is 1500. The van der Waals surface area contributed by atoms with Gasteiger partial charge < -0.3 is 10.2 Å². The summed E-state index contributed by atoms with van der Waals surface area (Å²) >= 11 is 0. The van der Waals surface area contributed by atoms with Gasteiger partial charge in [-0.15, -0.1) is 0 Å². The van der Waals surface area contributed by atoms with Crippen LogP contribution < -0.4 is 5.32 Å². The van der Waals surface area contributed by atoms with Gasteiger partial charge in [-0.3, -0.25) is 0 Å². The summed E-state index contributed by atoms with van der Waals surface area (Å²) in [4.78, 5) is 2.51. The Balaban J connectivity index is 1.44. The number of halogens is 1. The van der Waals surface area contributed by atoms with Crippen LogP contribution >= 0.6 is 0 Å². The molecule has 1 fully saturated rings. The molecule has 0 spiro atoms. The third-order valence-corrected chi connectivity index (χ3v) is 10.2. The van der Waals surface area contributed by atoms with Crippen molar-refractivity contribution in [3.8, 4) is 5.69 Å². The number of hydrogen-bond acceptors (Lipinski definition) is 5. The minimum Gasteiger partial charge on any atom is -0.316 e. The molecule has 0 amide bonds. The maximum atomic E-state index is 13.9. The lowest BCUT2D eigenvalue weighted by Crippen LogP contribution is -2.53. The SMILES string of the molecule is CN(C)CCCNC[C@]12Cc3cnn(-c4ccc(F)cc4)c3C=C1CCN(S(=O)(=O)c1ccc(C(C)(C)C)cc1)C2. The Labute approximate surface area is 244 Å². The molecule has 0 saturated carbocycles. The second-order valence-electron chi connectivity index (χ2n) is 12.8. The Kier molecular flexibility index (Phi) is 8.27. The van der Waals surface area contributed by atoms with E-state index >= 15 is 0 Å². The molecule has 41 heavy (non-hydrogen) atoms. The summed E-state index contributed by atoms with van der Waals surface area (Å²) < 4.78 is 44.9. The van der Waals surface area contributed by atoms with E-state index in [4.69, 9.17) is 0 Å². The molecule has 1 N–H and O–H groups in total. The first-order chi connectivity index (χ1) is 19.4. The fraction of sp³-hybridized carbons (Fsp3) is 0.469. The van der Waals surface area contributed by atoms with Crippen LogP contribution in [0.4, 0.5) is 4.39 Å². The Morgan fingerprint density at radius 1 is 1.07 bits per heavy atom. The average molecular weight is 580 g/mol. The first-order valence-corrected chi connectivity index (χ1v) is 15.8. The van der Waals surface area contributed by atoms with E-state index in [2.05, 4.69) is 56.3 Å². The van der Waals surface area contributed by atoms with Crippen LogP contribution in [-0.4, -0.2) is 74.2 Å². The molecule has 1 aromatic heterocycles. The molecule has 1 aliphatic carbocycles. The van der Waals surface area contributed by atoms with Crippen molar-refractivity contribution in [3.63, 3.8) is 0 Å². The molecular weight excluding hydrogens is 537 g/mol. The minimum absolute atomic E-state index is 0.0480. The van der Waals surface area contributed by atoms with Crippen molar-refractivity contribution in [2.45, 2.75) is 50.3 Å². The van der Waals surface area contributed by atoms with Crippen molar-refractivity contribution in [2.24, 2.45) is 5.41 Å². The van der Waals surface area contributed by atoms with Crippen molar-refractivity contribution in [3.05, 3.63) is 82.9 Å². The highest BCUT2D eigenvalue weighted by atomic mass is 32.2. The maximum absolute atomic E-state index is 13.9. The first-order valence-electron chi connectivity index (χ1n) is 14.4. The first kappa shape index (κ1) is 29.6. The van der Waals surface area contributed by atoms with Gasteiger partial charge in [0.15, 0.2) is 0 Å². The third kappa shape index (κ3) is 6.18. The number of rotatable bonds is 9. The fourth-order valence-electron chi connectivity index (χ4n) is 5.98. The summed E-state index contributed by atoms with van der Waals surface area (Å²) in [6.45, 7) is 9.74.